The van der Waals surface area contributed by atoms with E-state index in [4.69, 9.17) is 16.7 Å². The number of thiazole rings is 1. The van der Waals surface area contributed by atoms with Gasteiger partial charge in [-0.15, -0.1) is 11.3 Å². The molecule has 3 heterocycles. The fraction of sp³-hybridized carbons (Fsp3) is 0.0769. The molecule has 124 valence electrons. The Kier molecular flexibility index (Phi) is 3.80. The Morgan fingerprint density at radius 3 is 2.62 bits per heavy atom. The van der Waals surface area contributed by atoms with Crippen molar-refractivity contribution in [1.82, 2.24) is 14.5 Å². The summed E-state index contributed by atoms with van der Waals surface area (Å²) in [7, 11) is 0. The van der Waals surface area contributed by atoms with E-state index in [1.54, 1.807) is 0 Å². The van der Waals surface area contributed by atoms with Gasteiger partial charge in [0.15, 0.2) is 10.8 Å². The Morgan fingerprint density at radius 1 is 1.38 bits per heavy atom. The van der Waals surface area contributed by atoms with Crippen molar-refractivity contribution < 1.29 is 23.1 Å². The van der Waals surface area contributed by atoms with Gasteiger partial charge in [0.25, 0.3) is 0 Å². The van der Waals surface area contributed by atoms with E-state index in [2.05, 4.69) is 9.97 Å². The number of nitrogens with zero attached hydrogens (tertiary/aromatic N) is 3. The van der Waals surface area contributed by atoms with Crippen LogP contribution in [0.1, 0.15) is 15.9 Å². The molecule has 0 saturated heterocycles. The highest BCUT2D eigenvalue weighted by atomic mass is 35.5. The maximum atomic E-state index is 13.3. The fourth-order valence-corrected chi connectivity index (χ4v) is 2.95. The van der Waals surface area contributed by atoms with Gasteiger partial charge >= 0.3 is 12.1 Å². The van der Waals surface area contributed by atoms with Crippen molar-refractivity contribution in [2.45, 2.75) is 6.18 Å². The first kappa shape index (κ1) is 16.4. The maximum absolute atomic E-state index is 13.3. The molecule has 0 atom stereocenters. The van der Waals surface area contributed by atoms with Crippen molar-refractivity contribution >= 4 is 39.9 Å². The average molecular weight is 376 g/mol. The SMILES string of the molecule is O=C(O)c1cn(-c2nccs2)c2nc(Cl)cc(C(F)(F)F)c2c1=O. The quantitative estimate of drug-likeness (QED) is 0.695. The third kappa shape index (κ3) is 2.63. The highest BCUT2D eigenvalue weighted by Crippen LogP contribution is 2.35. The summed E-state index contributed by atoms with van der Waals surface area (Å²) in [6.07, 6.45) is -2.66. The van der Waals surface area contributed by atoms with E-state index in [9.17, 15) is 22.8 Å². The van der Waals surface area contributed by atoms with Gasteiger partial charge in [0.2, 0.25) is 5.43 Å². The molecule has 0 aromatic carbocycles. The predicted molar refractivity (Wildman–Crippen MR) is 80.0 cm³/mol. The van der Waals surface area contributed by atoms with Crippen LogP contribution in [-0.4, -0.2) is 25.6 Å². The molecule has 0 amide bonds. The van der Waals surface area contributed by atoms with Crippen molar-refractivity contribution in [2.24, 2.45) is 0 Å². The summed E-state index contributed by atoms with van der Waals surface area (Å²) >= 11 is 6.69. The molecule has 24 heavy (non-hydrogen) atoms. The zero-order chi connectivity index (χ0) is 17.6. The zero-order valence-electron chi connectivity index (χ0n) is 11.3. The van der Waals surface area contributed by atoms with Crippen LogP contribution >= 0.6 is 22.9 Å². The average Bonchev–Trinajstić information content (AvgIpc) is 2.99. The van der Waals surface area contributed by atoms with Crippen molar-refractivity contribution in [2.75, 3.05) is 0 Å². The topological polar surface area (TPSA) is 85.1 Å². The van der Waals surface area contributed by atoms with Gasteiger partial charge in [-0.3, -0.25) is 9.36 Å². The zero-order valence-corrected chi connectivity index (χ0v) is 12.9. The molecule has 3 aromatic heterocycles. The number of fused-ring (bicyclic) bond motifs is 1. The summed E-state index contributed by atoms with van der Waals surface area (Å²) in [5, 5.41) is 9.46. The first-order valence-corrected chi connectivity index (χ1v) is 7.42. The minimum atomic E-state index is -4.91. The van der Waals surface area contributed by atoms with Crippen molar-refractivity contribution in [3.63, 3.8) is 0 Å². The minimum absolute atomic E-state index is 0.144. The Balaban J connectivity index is 2.58. The maximum Gasteiger partial charge on any atom is 0.417 e. The van der Waals surface area contributed by atoms with E-state index in [1.165, 1.54) is 11.6 Å². The highest BCUT2D eigenvalue weighted by molar-refractivity contribution is 7.12. The first-order chi connectivity index (χ1) is 11.2. The summed E-state index contributed by atoms with van der Waals surface area (Å²) in [5.74, 6) is -1.66. The van der Waals surface area contributed by atoms with Crippen LogP contribution in [0.3, 0.4) is 0 Å². The normalized spacial score (nSPS) is 11.8. The van der Waals surface area contributed by atoms with Crippen molar-refractivity contribution in [3.8, 4) is 5.13 Å². The van der Waals surface area contributed by atoms with E-state index in [1.807, 2.05) is 0 Å². The predicted octanol–water partition coefficient (Wildman–Crippen LogP) is 3.21. The van der Waals surface area contributed by atoms with E-state index in [-0.39, 0.29) is 5.13 Å². The van der Waals surface area contributed by atoms with E-state index < -0.39 is 44.9 Å². The van der Waals surface area contributed by atoms with E-state index >= 15 is 0 Å². The van der Waals surface area contributed by atoms with Crippen LogP contribution in [0, 0.1) is 0 Å². The summed E-state index contributed by atoms with van der Waals surface area (Å²) in [6, 6.07) is 0.489. The fourth-order valence-electron chi connectivity index (χ4n) is 2.14. The molecule has 3 aromatic rings. The summed E-state index contributed by atoms with van der Waals surface area (Å²) in [4.78, 5) is 31.2. The largest absolute Gasteiger partial charge is 0.477 e. The number of alkyl halides is 3. The molecule has 0 bridgehead atoms. The molecular formula is C13H5ClF3N3O3S. The molecule has 0 aliphatic rings. The molecule has 6 nitrogen and oxygen atoms in total. The number of carboxylic acid groups (broad SMARTS) is 1. The summed E-state index contributed by atoms with van der Waals surface area (Å²) < 4.78 is 40.9. The number of rotatable bonds is 2. The van der Waals surface area contributed by atoms with Gasteiger partial charge < -0.3 is 5.11 Å². The molecular weight excluding hydrogens is 371 g/mol. The standard InChI is InChI=1S/C13H5ClF3N3O3S/c14-7-3-6(13(15,16)17)8-9(21)5(11(22)23)4-20(10(8)19-7)12-18-1-2-24-12/h1-4H,(H,22,23). The second-order valence-electron chi connectivity index (χ2n) is 4.55. The lowest BCUT2D eigenvalue weighted by Gasteiger charge is -2.14. The number of carbonyl (C=O) groups is 1. The Morgan fingerprint density at radius 2 is 2.08 bits per heavy atom. The second kappa shape index (κ2) is 5.56. The van der Waals surface area contributed by atoms with E-state index in [0.29, 0.717) is 6.07 Å². The van der Waals surface area contributed by atoms with Crippen molar-refractivity contribution in [3.05, 3.63) is 50.3 Å². The van der Waals surface area contributed by atoms with Crippen LogP contribution in [-0.2, 0) is 6.18 Å². The van der Waals surface area contributed by atoms with Gasteiger partial charge in [-0.05, 0) is 6.07 Å². The molecule has 0 saturated carbocycles. The van der Waals surface area contributed by atoms with Crippen LogP contribution in [0.2, 0.25) is 5.15 Å². The first-order valence-electron chi connectivity index (χ1n) is 6.16. The Bertz CT molecular complexity index is 1020. The third-order valence-corrected chi connectivity index (χ3v) is 4.05. The molecule has 1 N–H and O–H groups in total. The summed E-state index contributed by atoms with van der Waals surface area (Å²) in [5.41, 5.74) is -3.88. The lowest BCUT2D eigenvalue weighted by molar-refractivity contribution is -0.136. The number of hydrogen-bond donors (Lipinski definition) is 1. The van der Waals surface area contributed by atoms with Crippen LogP contribution in [0.15, 0.2) is 28.6 Å². The van der Waals surface area contributed by atoms with Crippen LogP contribution in [0.4, 0.5) is 13.2 Å². The van der Waals surface area contributed by atoms with Gasteiger partial charge in [0.05, 0.1) is 10.9 Å². The summed E-state index contributed by atoms with van der Waals surface area (Å²) in [6.45, 7) is 0. The lowest BCUT2D eigenvalue weighted by Crippen LogP contribution is -2.22. The molecule has 3 rings (SSSR count). The van der Waals surface area contributed by atoms with E-state index in [0.717, 1.165) is 22.1 Å². The third-order valence-electron chi connectivity index (χ3n) is 3.09. The minimum Gasteiger partial charge on any atom is -0.477 e. The smallest absolute Gasteiger partial charge is 0.417 e. The molecule has 0 spiro atoms. The molecule has 11 heteroatoms. The molecule has 0 fully saturated rings. The van der Waals surface area contributed by atoms with Crippen LogP contribution in [0.5, 0.6) is 0 Å². The molecule has 0 aliphatic carbocycles. The van der Waals surface area contributed by atoms with Gasteiger partial charge in [-0.25, -0.2) is 14.8 Å². The highest BCUT2D eigenvalue weighted by Gasteiger charge is 2.36. The van der Waals surface area contributed by atoms with Crippen molar-refractivity contribution in [1.29, 1.82) is 0 Å². The number of aromatic nitrogens is 3. The molecule has 0 aliphatic heterocycles. The Labute approximate surface area is 139 Å². The Hall–Kier alpha value is -2.46. The van der Waals surface area contributed by atoms with Crippen LogP contribution in [0.25, 0.3) is 16.2 Å². The lowest BCUT2D eigenvalue weighted by atomic mass is 10.1. The number of aromatic carboxylic acids is 1. The molecule has 0 radical (unpaired) electrons. The number of halogens is 4. The monoisotopic (exact) mass is 375 g/mol. The van der Waals surface area contributed by atoms with Crippen LogP contribution < -0.4 is 5.43 Å². The second-order valence-corrected chi connectivity index (χ2v) is 5.81. The number of carboxylic acids is 1. The van der Waals surface area contributed by atoms with Gasteiger partial charge in [-0.1, -0.05) is 11.6 Å². The van der Waals surface area contributed by atoms with Gasteiger partial charge in [0.1, 0.15) is 10.7 Å². The van der Waals surface area contributed by atoms with Gasteiger partial charge in [-0.2, -0.15) is 13.2 Å². The number of pyridine rings is 2. The van der Waals surface area contributed by atoms with Gasteiger partial charge in [0, 0.05) is 17.8 Å². The molecule has 0 unspecified atom stereocenters. The number of hydrogen-bond acceptors (Lipinski definition) is 5.